The van der Waals surface area contributed by atoms with Crippen LogP contribution in [-0.4, -0.2) is 44.3 Å². The number of hydrogen-bond acceptors (Lipinski definition) is 6. The highest BCUT2D eigenvalue weighted by Gasteiger charge is 2.15. The van der Waals surface area contributed by atoms with Crippen molar-refractivity contribution in [2.24, 2.45) is 0 Å². The molecule has 144 valence electrons. The first-order valence-corrected chi connectivity index (χ1v) is 10.3. The number of carbonyl (C=O) groups is 1. The van der Waals surface area contributed by atoms with Gasteiger partial charge >= 0.3 is 6.09 Å². The second-order valence-corrected chi connectivity index (χ2v) is 8.55. The number of aliphatic hydroxyl groups is 1. The zero-order valence-corrected chi connectivity index (χ0v) is 16.2. The molecule has 0 rings (SSSR count). The molecule has 0 aliphatic heterocycles. The quantitative estimate of drug-likeness (QED) is 0.312. The summed E-state index contributed by atoms with van der Waals surface area (Å²) < 4.78 is 31.2. The van der Waals surface area contributed by atoms with Crippen LogP contribution in [0.2, 0.25) is 0 Å². The van der Waals surface area contributed by atoms with Crippen molar-refractivity contribution in [3.8, 4) is 0 Å². The smallest absolute Gasteiger partial charge is 0.407 e. The molecule has 1 amide bonds. The molecule has 0 radical (unpaired) electrons. The number of carbonyl (C=O) groups excluding carboxylic acids is 1. The van der Waals surface area contributed by atoms with Gasteiger partial charge in [-0.1, -0.05) is 32.1 Å². The van der Waals surface area contributed by atoms with E-state index in [1.165, 1.54) is 0 Å². The molecule has 7 nitrogen and oxygen atoms in total. The average Bonchev–Trinajstić information content (AvgIpc) is 2.36. The van der Waals surface area contributed by atoms with Crippen LogP contribution in [0.5, 0.6) is 0 Å². The third kappa shape index (κ3) is 17.5. The van der Waals surface area contributed by atoms with E-state index in [-0.39, 0.29) is 6.09 Å². The molecular weight excluding hydrogens is 334 g/mol. The van der Waals surface area contributed by atoms with Gasteiger partial charge in [-0.3, -0.25) is 0 Å². The van der Waals surface area contributed by atoms with Crippen molar-refractivity contribution < 1.29 is 27.2 Å². The van der Waals surface area contributed by atoms with Crippen LogP contribution < -0.4 is 5.32 Å². The van der Waals surface area contributed by atoms with E-state index in [9.17, 15) is 18.3 Å². The summed E-state index contributed by atoms with van der Waals surface area (Å²) in [6, 6.07) is 0. The third-order valence-corrected chi connectivity index (χ3v) is 3.65. The lowest BCUT2D eigenvalue weighted by atomic mass is 10.1. The maximum atomic E-state index is 11.4. The Kier molecular flexibility index (Phi) is 11.2. The Bertz CT molecular complexity index is 444. The van der Waals surface area contributed by atoms with E-state index in [1.54, 1.807) is 0 Å². The second kappa shape index (κ2) is 11.7. The molecule has 0 spiro atoms. The first-order valence-electron chi connectivity index (χ1n) is 8.53. The largest absolute Gasteiger partial charge is 0.444 e. The highest BCUT2D eigenvalue weighted by Crippen LogP contribution is 2.11. The topological polar surface area (TPSA) is 102 Å². The molecule has 0 aliphatic carbocycles. The Labute approximate surface area is 146 Å². The maximum absolute atomic E-state index is 11.4. The molecule has 0 saturated heterocycles. The maximum Gasteiger partial charge on any atom is 0.407 e. The number of ether oxygens (including phenoxy) is 1. The van der Waals surface area contributed by atoms with Crippen molar-refractivity contribution in [3.63, 3.8) is 0 Å². The fourth-order valence-corrected chi connectivity index (χ4v) is 2.58. The van der Waals surface area contributed by atoms with Gasteiger partial charge in [0.2, 0.25) is 0 Å². The van der Waals surface area contributed by atoms with Crippen molar-refractivity contribution in [1.29, 1.82) is 0 Å². The molecule has 1 atom stereocenters. The van der Waals surface area contributed by atoms with Gasteiger partial charge < -0.3 is 15.2 Å². The van der Waals surface area contributed by atoms with Gasteiger partial charge in [0.1, 0.15) is 5.60 Å². The molecule has 0 aromatic carbocycles. The van der Waals surface area contributed by atoms with E-state index in [0.717, 1.165) is 51.2 Å². The molecule has 0 aliphatic rings. The fourth-order valence-electron chi connectivity index (χ4n) is 2.08. The van der Waals surface area contributed by atoms with Gasteiger partial charge in [0.05, 0.1) is 6.26 Å². The lowest BCUT2D eigenvalue weighted by Crippen LogP contribution is -2.32. The van der Waals surface area contributed by atoms with Gasteiger partial charge in [0, 0.05) is 6.54 Å². The lowest BCUT2D eigenvalue weighted by molar-refractivity contribution is -0.0186. The molecule has 0 heterocycles. The number of nitrogens with one attached hydrogen (secondary N) is 1. The summed E-state index contributed by atoms with van der Waals surface area (Å²) in [6.07, 6.45) is 6.45. The van der Waals surface area contributed by atoms with Crippen LogP contribution in [-0.2, 0) is 19.0 Å². The molecular formula is C16H33NO6S. The third-order valence-electron chi connectivity index (χ3n) is 3.08. The second-order valence-electron chi connectivity index (χ2n) is 6.95. The first kappa shape index (κ1) is 23.1. The predicted molar refractivity (Wildman–Crippen MR) is 93.1 cm³/mol. The van der Waals surface area contributed by atoms with E-state index < -0.39 is 22.0 Å². The Morgan fingerprint density at radius 2 is 1.54 bits per heavy atom. The number of alkyl carbamates (subject to hydrolysis) is 1. The molecule has 0 aromatic heterocycles. The van der Waals surface area contributed by atoms with Crippen LogP contribution in [0.4, 0.5) is 4.79 Å². The molecule has 24 heavy (non-hydrogen) atoms. The van der Waals surface area contributed by atoms with Gasteiger partial charge in [0.15, 0.2) is 6.29 Å². The van der Waals surface area contributed by atoms with Crippen molar-refractivity contribution in [3.05, 3.63) is 0 Å². The zero-order valence-electron chi connectivity index (χ0n) is 15.3. The fraction of sp³-hybridized carbons (Fsp3) is 0.938. The van der Waals surface area contributed by atoms with Crippen LogP contribution in [0.15, 0.2) is 0 Å². The van der Waals surface area contributed by atoms with Crippen molar-refractivity contribution in [1.82, 2.24) is 5.32 Å². The number of aliphatic hydroxyl groups excluding tert-OH is 1. The summed E-state index contributed by atoms with van der Waals surface area (Å²) in [7, 11) is -3.59. The van der Waals surface area contributed by atoms with Crippen molar-refractivity contribution >= 4 is 16.2 Å². The molecule has 0 saturated carbocycles. The molecule has 0 bridgehead atoms. The van der Waals surface area contributed by atoms with Gasteiger partial charge in [-0.25, -0.2) is 8.98 Å². The zero-order chi connectivity index (χ0) is 18.6. The van der Waals surface area contributed by atoms with E-state index in [0.29, 0.717) is 13.0 Å². The monoisotopic (exact) mass is 367 g/mol. The van der Waals surface area contributed by atoms with E-state index >= 15 is 0 Å². The summed E-state index contributed by atoms with van der Waals surface area (Å²) in [5.41, 5.74) is -0.468. The lowest BCUT2D eigenvalue weighted by Gasteiger charge is -2.19. The number of rotatable bonds is 12. The summed E-state index contributed by atoms with van der Waals surface area (Å²) in [5, 5.41) is 12.1. The van der Waals surface area contributed by atoms with Gasteiger partial charge in [-0.15, -0.1) is 0 Å². The van der Waals surface area contributed by atoms with E-state index in [4.69, 9.17) is 4.74 Å². The SMILES string of the molecule is CC(C)(C)OC(=O)NCCCCCCCCCC(O)OS(C)(=O)=O. The van der Waals surface area contributed by atoms with Crippen LogP contribution in [0.1, 0.15) is 72.1 Å². The number of amides is 1. The average molecular weight is 368 g/mol. The highest BCUT2D eigenvalue weighted by atomic mass is 32.2. The van der Waals surface area contributed by atoms with Crippen LogP contribution in [0, 0.1) is 0 Å². The summed E-state index contributed by atoms with van der Waals surface area (Å²) >= 11 is 0. The summed E-state index contributed by atoms with van der Waals surface area (Å²) in [5.74, 6) is 0. The van der Waals surface area contributed by atoms with E-state index in [1.807, 2.05) is 20.8 Å². The Balaban J connectivity index is 3.39. The van der Waals surface area contributed by atoms with Crippen molar-refractivity contribution in [2.75, 3.05) is 12.8 Å². The van der Waals surface area contributed by atoms with Crippen LogP contribution in [0.3, 0.4) is 0 Å². The van der Waals surface area contributed by atoms with Crippen LogP contribution >= 0.6 is 0 Å². The molecule has 2 N–H and O–H groups in total. The van der Waals surface area contributed by atoms with Gasteiger partial charge in [0.25, 0.3) is 10.1 Å². The molecule has 1 unspecified atom stereocenters. The number of unbranched alkanes of at least 4 members (excludes halogenated alkanes) is 6. The molecule has 8 heteroatoms. The normalized spacial score (nSPS) is 13.5. The Morgan fingerprint density at radius 3 is 2.04 bits per heavy atom. The van der Waals surface area contributed by atoms with Crippen molar-refractivity contribution in [2.45, 2.75) is 84.0 Å². The molecule has 0 fully saturated rings. The summed E-state index contributed by atoms with van der Waals surface area (Å²) in [6.45, 7) is 6.11. The Hall–Kier alpha value is -0.860. The summed E-state index contributed by atoms with van der Waals surface area (Å²) in [4.78, 5) is 11.4. The Morgan fingerprint density at radius 1 is 1.04 bits per heavy atom. The first-order chi connectivity index (χ1) is 11.0. The minimum atomic E-state index is -3.59. The standard InChI is InChI=1S/C16H33NO6S/c1-16(2,3)22-15(19)17-13-11-9-7-5-6-8-10-12-14(18)23-24(4,20)21/h14,18H,5-13H2,1-4H3,(H,17,19). The van der Waals surface area contributed by atoms with Crippen LogP contribution in [0.25, 0.3) is 0 Å². The predicted octanol–water partition coefficient (Wildman–Crippen LogP) is 2.93. The minimum Gasteiger partial charge on any atom is -0.444 e. The van der Waals surface area contributed by atoms with E-state index in [2.05, 4.69) is 9.50 Å². The minimum absolute atomic E-state index is 0.326. The van der Waals surface area contributed by atoms with Gasteiger partial charge in [-0.05, 0) is 40.0 Å². The molecule has 0 aromatic rings. The van der Waals surface area contributed by atoms with Gasteiger partial charge in [-0.2, -0.15) is 8.42 Å². The number of hydrogen-bond donors (Lipinski definition) is 2. The highest BCUT2D eigenvalue weighted by molar-refractivity contribution is 7.86.